The van der Waals surface area contributed by atoms with Gasteiger partial charge in [0.15, 0.2) is 0 Å². The molecule has 1 atom stereocenters. The molecule has 0 bridgehead atoms. The maximum atomic E-state index is 11.3. The van der Waals surface area contributed by atoms with E-state index in [9.17, 15) is 4.79 Å². The molecular weight excluding hydrogens is 273 g/mol. The number of hydrogen-bond acceptors (Lipinski definition) is 3. The highest BCUT2D eigenvalue weighted by Gasteiger charge is 2.13. The van der Waals surface area contributed by atoms with Crippen LogP contribution in [-0.4, -0.2) is 38.0 Å². The molecule has 1 rings (SSSR count). The molecule has 0 heterocycles. The number of hydrogen-bond donors (Lipinski definition) is 2. The molecule has 0 saturated heterocycles. The minimum Gasteiger partial charge on any atom is -0.347 e. The van der Waals surface area contributed by atoms with Crippen LogP contribution in [-0.2, 0) is 4.79 Å². The van der Waals surface area contributed by atoms with Crippen molar-refractivity contribution in [1.29, 1.82) is 0 Å². The Kier molecular flexibility index (Phi) is 11.0. The molecule has 1 aromatic rings. The van der Waals surface area contributed by atoms with Crippen molar-refractivity contribution in [2.24, 2.45) is 5.73 Å². The number of halogens is 2. The average molecular weight is 294 g/mol. The second kappa shape index (κ2) is 10.1. The quantitative estimate of drug-likeness (QED) is 0.858. The van der Waals surface area contributed by atoms with Crippen molar-refractivity contribution in [3.8, 4) is 0 Å². The third-order valence-corrected chi connectivity index (χ3v) is 2.27. The lowest BCUT2D eigenvalue weighted by atomic mass is 10.1. The van der Waals surface area contributed by atoms with Gasteiger partial charge in [-0.15, -0.1) is 24.8 Å². The zero-order chi connectivity index (χ0) is 12.0. The monoisotopic (exact) mass is 293 g/mol. The summed E-state index contributed by atoms with van der Waals surface area (Å²) in [6, 6.07) is 9.89. The molecule has 0 aromatic heterocycles. The number of carbonyl (C=O) groups is 1. The summed E-state index contributed by atoms with van der Waals surface area (Å²) >= 11 is 0. The maximum Gasteiger partial charge on any atom is 0.234 e. The lowest BCUT2D eigenvalue weighted by Crippen LogP contribution is -2.38. The van der Waals surface area contributed by atoms with Gasteiger partial charge in [-0.25, -0.2) is 0 Å². The molecule has 0 aliphatic rings. The Balaban J connectivity index is 0. The standard InChI is InChI=1S/C12H19N3O.2ClH/c1-15(2)9-11(14-12(16)8-13)10-6-4-3-5-7-10;;/h3-7,11H,8-9,13H2,1-2H3,(H,14,16);2*1H. The molecule has 3 N–H and O–H groups in total. The summed E-state index contributed by atoms with van der Waals surface area (Å²) < 4.78 is 0. The van der Waals surface area contributed by atoms with Crippen LogP contribution in [0, 0.1) is 0 Å². The molecular formula is C12H21Cl2N3O. The maximum absolute atomic E-state index is 11.3. The van der Waals surface area contributed by atoms with Gasteiger partial charge in [-0.3, -0.25) is 4.79 Å². The summed E-state index contributed by atoms with van der Waals surface area (Å²) in [5.74, 6) is -0.129. The number of likely N-dealkylation sites (N-methyl/N-ethyl adjacent to an activating group) is 1. The number of benzene rings is 1. The SMILES string of the molecule is CN(C)CC(NC(=O)CN)c1ccccc1.Cl.Cl. The predicted molar refractivity (Wildman–Crippen MR) is 79.4 cm³/mol. The van der Waals surface area contributed by atoms with Gasteiger partial charge >= 0.3 is 0 Å². The molecule has 0 radical (unpaired) electrons. The molecule has 0 aliphatic carbocycles. The number of rotatable bonds is 5. The zero-order valence-electron chi connectivity index (χ0n) is 10.6. The first-order valence-corrected chi connectivity index (χ1v) is 5.32. The molecule has 0 saturated carbocycles. The Hall–Kier alpha value is -0.810. The first kappa shape index (κ1) is 19.5. The van der Waals surface area contributed by atoms with Gasteiger partial charge in [-0.1, -0.05) is 30.3 Å². The van der Waals surface area contributed by atoms with E-state index in [2.05, 4.69) is 5.32 Å². The van der Waals surface area contributed by atoms with E-state index in [-0.39, 0.29) is 43.3 Å². The van der Waals surface area contributed by atoms with E-state index in [1.54, 1.807) is 0 Å². The Bertz CT molecular complexity index is 333. The van der Waals surface area contributed by atoms with E-state index in [0.29, 0.717) is 0 Å². The van der Waals surface area contributed by atoms with Crippen LogP contribution >= 0.6 is 24.8 Å². The Morgan fingerprint density at radius 1 is 1.28 bits per heavy atom. The molecule has 0 fully saturated rings. The fourth-order valence-corrected chi connectivity index (χ4v) is 1.54. The Morgan fingerprint density at radius 3 is 2.28 bits per heavy atom. The zero-order valence-corrected chi connectivity index (χ0v) is 12.3. The molecule has 4 nitrogen and oxygen atoms in total. The summed E-state index contributed by atoms with van der Waals surface area (Å²) in [4.78, 5) is 13.4. The van der Waals surface area contributed by atoms with E-state index in [1.165, 1.54) is 0 Å². The molecule has 104 valence electrons. The summed E-state index contributed by atoms with van der Waals surface area (Å²) in [5, 5.41) is 2.91. The third kappa shape index (κ3) is 6.81. The number of nitrogens with one attached hydrogen (secondary N) is 1. The van der Waals surface area contributed by atoms with Gasteiger partial charge in [0.05, 0.1) is 12.6 Å². The number of carbonyl (C=O) groups excluding carboxylic acids is 1. The summed E-state index contributed by atoms with van der Waals surface area (Å²) in [6.07, 6.45) is 0. The Morgan fingerprint density at radius 2 is 1.83 bits per heavy atom. The van der Waals surface area contributed by atoms with Crippen LogP contribution < -0.4 is 11.1 Å². The predicted octanol–water partition coefficient (Wildman–Crippen LogP) is 1.21. The molecule has 0 aliphatic heterocycles. The summed E-state index contributed by atoms with van der Waals surface area (Å²) in [7, 11) is 3.95. The van der Waals surface area contributed by atoms with Crippen molar-refractivity contribution < 1.29 is 4.79 Å². The van der Waals surface area contributed by atoms with Crippen molar-refractivity contribution in [2.45, 2.75) is 6.04 Å². The minimum atomic E-state index is -0.129. The van der Waals surface area contributed by atoms with Crippen LogP contribution in [0.1, 0.15) is 11.6 Å². The van der Waals surface area contributed by atoms with Crippen molar-refractivity contribution in [3.63, 3.8) is 0 Å². The molecule has 18 heavy (non-hydrogen) atoms. The van der Waals surface area contributed by atoms with E-state index in [4.69, 9.17) is 5.73 Å². The first-order chi connectivity index (χ1) is 7.63. The van der Waals surface area contributed by atoms with Gasteiger partial charge in [0.25, 0.3) is 0 Å². The van der Waals surface area contributed by atoms with Crippen LogP contribution in [0.2, 0.25) is 0 Å². The minimum absolute atomic E-state index is 0. The van der Waals surface area contributed by atoms with Crippen molar-refractivity contribution >= 4 is 30.7 Å². The fourth-order valence-electron chi connectivity index (χ4n) is 1.54. The van der Waals surface area contributed by atoms with Crippen LogP contribution in [0.25, 0.3) is 0 Å². The third-order valence-electron chi connectivity index (χ3n) is 2.27. The van der Waals surface area contributed by atoms with E-state index < -0.39 is 0 Å². The van der Waals surface area contributed by atoms with Gasteiger partial charge in [0, 0.05) is 6.54 Å². The van der Waals surface area contributed by atoms with E-state index in [0.717, 1.165) is 12.1 Å². The average Bonchev–Trinajstić information content (AvgIpc) is 2.28. The summed E-state index contributed by atoms with van der Waals surface area (Å²) in [6.45, 7) is 0.784. The molecule has 0 spiro atoms. The van der Waals surface area contributed by atoms with Crippen LogP contribution in [0.5, 0.6) is 0 Å². The smallest absolute Gasteiger partial charge is 0.234 e. The van der Waals surface area contributed by atoms with Crippen molar-refractivity contribution in [3.05, 3.63) is 35.9 Å². The largest absolute Gasteiger partial charge is 0.347 e. The second-order valence-electron chi connectivity index (χ2n) is 4.00. The lowest BCUT2D eigenvalue weighted by molar-refractivity contribution is -0.120. The highest BCUT2D eigenvalue weighted by Crippen LogP contribution is 2.12. The van der Waals surface area contributed by atoms with Crippen LogP contribution in [0.4, 0.5) is 0 Å². The van der Waals surface area contributed by atoms with Gasteiger partial charge in [0.2, 0.25) is 5.91 Å². The summed E-state index contributed by atoms with van der Waals surface area (Å²) in [5.41, 5.74) is 6.40. The molecule has 6 heteroatoms. The van der Waals surface area contributed by atoms with E-state index >= 15 is 0 Å². The van der Waals surface area contributed by atoms with Gasteiger partial charge in [-0.2, -0.15) is 0 Å². The van der Waals surface area contributed by atoms with Crippen LogP contribution in [0.15, 0.2) is 30.3 Å². The topological polar surface area (TPSA) is 58.4 Å². The highest BCUT2D eigenvalue weighted by molar-refractivity contribution is 5.85. The highest BCUT2D eigenvalue weighted by atomic mass is 35.5. The fraction of sp³-hybridized carbons (Fsp3) is 0.417. The normalized spacial score (nSPS) is 11.1. The van der Waals surface area contributed by atoms with Crippen molar-refractivity contribution in [1.82, 2.24) is 10.2 Å². The Labute approximate surface area is 121 Å². The van der Waals surface area contributed by atoms with Crippen molar-refractivity contribution in [2.75, 3.05) is 27.2 Å². The van der Waals surface area contributed by atoms with E-state index in [1.807, 2.05) is 49.3 Å². The molecule has 1 aromatic carbocycles. The lowest BCUT2D eigenvalue weighted by Gasteiger charge is -2.22. The second-order valence-corrected chi connectivity index (χ2v) is 4.00. The molecule has 1 amide bonds. The number of nitrogens with zero attached hydrogens (tertiary/aromatic N) is 1. The van der Waals surface area contributed by atoms with Gasteiger partial charge in [0.1, 0.15) is 0 Å². The molecule has 1 unspecified atom stereocenters. The first-order valence-electron chi connectivity index (χ1n) is 5.32. The van der Waals surface area contributed by atoms with Gasteiger partial charge in [-0.05, 0) is 19.7 Å². The number of amides is 1. The number of nitrogens with two attached hydrogens (primary N) is 1. The van der Waals surface area contributed by atoms with Crippen LogP contribution in [0.3, 0.4) is 0 Å². The van der Waals surface area contributed by atoms with Gasteiger partial charge < -0.3 is 16.0 Å².